The molecule has 3 aromatic heterocycles. The Labute approximate surface area is 570 Å². The lowest BCUT2D eigenvalue weighted by Gasteiger charge is -2.20. The van der Waals surface area contributed by atoms with Crippen LogP contribution in [-0.2, 0) is 6.42 Å². The van der Waals surface area contributed by atoms with Gasteiger partial charge in [0.05, 0.1) is 16.6 Å². The maximum Gasteiger partial charge on any atom is 0.164 e. The van der Waals surface area contributed by atoms with E-state index < -0.39 is 0 Å². The fourth-order valence-electron chi connectivity index (χ4n) is 14.9. The molecule has 3 heterocycles. The molecular weight excluding hydrogens is 1190 g/mol. The molecule has 0 bridgehead atoms. The molecule has 0 aliphatic heterocycles. The minimum Gasteiger partial charge on any atom is -0.313 e. The third-order valence-corrected chi connectivity index (χ3v) is 19.8. The van der Waals surface area contributed by atoms with Gasteiger partial charge in [0.2, 0.25) is 0 Å². The summed E-state index contributed by atoms with van der Waals surface area (Å²) in [6, 6.07) is 116. The van der Waals surface area contributed by atoms with Crippen molar-refractivity contribution in [2.75, 3.05) is 0 Å². The number of allylic oxidation sites excluding steroid dienone is 5. The molecular formula is C93H65N5. The van der Waals surface area contributed by atoms with E-state index in [0.717, 1.165) is 91.6 Å². The number of rotatable bonds is 13. The number of fused-ring (bicyclic) bond motifs is 6. The highest BCUT2D eigenvalue weighted by atomic mass is 15.0. The summed E-state index contributed by atoms with van der Waals surface area (Å²) in [6.45, 7) is 0. The molecule has 98 heavy (non-hydrogen) atoms. The second-order valence-electron chi connectivity index (χ2n) is 25.8. The van der Waals surface area contributed by atoms with E-state index in [0.29, 0.717) is 17.5 Å². The molecule has 2 aliphatic carbocycles. The van der Waals surface area contributed by atoms with Crippen molar-refractivity contribution in [3.8, 4) is 118 Å². The number of para-hydroxylation sites is 3. The quantitative estimate of drug-likeness (QED) is 0.116. The van der Waals surface area contributed by atoms with Gasteiger partial charge < -0.3 is 9.13 Å². The molecule has 462 valence electrons. The van der Waals surface area contributed by atoms with Gasteiger partial charge in [-0.2, -0.15) is 0 Å². The lowest BCUT2D eigenvalue weighted by atomic mass is 9.89. The highest BCUT2D eigenvalue weighted by molar-refractivity contribution is 6.10. The standard InChI is InChI=1S/C93H65N5/c1-2-20-62(21-3-1)67-22-12-25-70(54-67)72-27-15-28-73(57-72)71-26-13-23-68(55-71)63-46-50-65(51-47-63)91-94-92(66-52-48-64(49-53-66)69-24-14-30-75(56-69)78-33-18-36-81(60-78)97-87-42-8-4-38-83(87)84-39-5-9-43-88(84)97)96-93(95-91)80-35-17-32-77(59-80)74-29-16-31-76(58-74)79-34-19-37-82(61-79)98-89-44-10-6-40-85(89)86-41-7-11-45-90(86)98/h1-10,12-32,34-44,46-61,78H,11,33,45H2. The summed E-state index contributed by atoms with van der Waals surface area (Å²) in [5.74, 6) is 2.02. The van der Waals surface area contributed by atoms with E-state index in [4.69, 9.17) is 15.0 Å². The molecule has 0 saturated carbocycles. The van der Waals surface area contributed by atoms with Crippen molar-refractivity contribution in [3.63, 3.8) is 0 Å². The van der Waals surface area contributed by atoms with Crippen LogP contribution < -0.4 is 0 Å². The zero-order valence-electron chi connectivity index (χ0n) is 53.9. The molecule has 1 atom stereocenters. The van der Waals surface area contributed by atoms with Gasteiger partial charge in [0.15, 0.2) is 17.5 Å². The van der Waals surface area contributed by atoms with E-state index in [-0.39, 0.29) is 5.92 Å². The summed E-state index contributed by atoms with van der Waals surface area (Å²) in [7, 11) is 0. The second-order valence-corrected chi connectivity index (χ2v) is 25.8. The normalized spacial score (nSPS) is 13.5. The van der Waals surface area contributed by atoms with Crippen molar-refractivity contribution >= 4 is 44.5 Å². The molecule has 18 rings (SSSR count). The molecule has 0 amide bonds. The van der Waals surface area contributed by atoms with Crippen LogP contribution in [0.3, 0.4) is 0 Å². The van der Waals surface area contributed by atoms with Crippen LogP contribution in [0.15, 0.2) is 346 Å². The molecule has 0 spiro atoms. The summed E-state index contributed by atoms with van der Waals surface area (Å²) in [5.41, 5.74) is 28.9. The van der Waals surface area contributed by atoms with Crippen LogP contribution in [0.2, 0.25) is 0 Å². The Morgan fingerprint density at radius 1 is 0.276 bits per heavy atom. The van der Waals surface area contributed by atoms with Gasteiger partial charge in [-0.05, 0) is 169 Å². The van der Waals surface area contributed by atoms with Crippen LogP contribution in [0.25, 0.3) is 162 Å². The van der Waals surface area contributed by atoms with Crippen LogP contribution in [0.4, 0.5) is 0 Å². The Hall–Kier alpha value is -12.6. The Morgan fingerprint density at radius 2 is 0.653 bits per heavy atom. The summed E-state index contributed by atoms with van der Waals surface area (Å²) < 4.78 is 4.89. The fourth-order valence-corrected chi connectivity index (χ4v) is 14.9. The molecule has 0 radical (unpaired) electrons. The first-order valence-electron chi connectivity index (χ1n) is 34.0. The first-order chi connectivity index (χ1) is 48.5. The van der Waals surface area contributed by atoms with Crippen LogP contribution in [0.5, 0.6) is 0 Å². The second kappa shape index (κ2) is 25.0. The molecule has 5 heteroatoms. The topological polar surface area (TPSA) is 48.5 Å². The maximum absolute atomic E-state index is 5.33. The van der Waals surface area contributed by atoms with Crippen LogP contribution in [0.1, 0.15) is 35.6 Å². The number of hydrogen-bond acceptors (Lipinski definition) is 3. The van der Waals surface area contributed by atoms with Crippen molar-refractivity contribution in [3.05, 3.63) is 363 Å². The highest BCUT2D eigenvalue weighted by Gasteiger charge is 2.22. The molecule has 0 saturated heterocycles. The molecule has 0 N–H and O–H groups in total. The summed E-state index contributed by atoms with van der Waals surface area (Å²) in [5, 5.41) is 3.83. The number of benzene rings is 13. The third kappa shape index (κ3) is 11.0. The smallest absolute Gasteiger partial charge is 0.164 e. The number of hydrogen-bond donors (Lipinski definition) is 0. The molecule has 1 unspecified atom stereocenters. The predicted octanol–water partition coefficient (Wildman–Crippen LogP) is 24.1. The fraction of sp³-hybridized carbons (Fsp3) is 0.0430. The zero-order valence-corrected chi connectivity index (χ0v) is 53.9. The Balaban J connectivity index is 0.670. The number of aromatic nitrogens is 5. The molecule has 2 aliphatic rings. The molecule has 5 nitrogen and oxygen atoms in total. The van der Waals surface area contributed by atoms with E-state index in [9.17, 15) is 0 Å². The van der Waals surface area contributed by atoms with Crippen molar-refractivity contribution in [2.45, 2.75) is 25.2 Å². The molecule has 0 fully saturated rings. The van der Waals surface area contributed by atoms with Crippen LogP contribution in [0, 0.1) is 0 Å². The first kappa shape index (κ1) is 58.0. The van der Waals surface area contributed by atoms with Crippen LogP contribution in [-0.4, -0.2) is 24.1 Å². The minimum absolute atomic E-state index is 0.216. The van der Waals surface area contributed by atoms with Crippen molar-refractivity contribution < 1.29 is 0 Å². The summed E-state index contributed by atoms with van der Waals surface area (Å²) >= 11 is 0. The van der Waals surface area contributed by atoms with Gasteiger partial charge >= 0.3 is 0 Å². The minimum atomic E-state index is 0.216. The molecule has 13 aromatic carbocycles. The number of nitrogens with zero attached hydrogens (tertiary/aromatic N) is 5. The van der Waals surface area contributed by atoms with Gasteiger partial charge in [-0.3, -0.25) is 0 Å². The van der Waals surface area contributed by atoms with Gasteiger partial charge in [0.25, 0.3) is 0 Å². The van der Waals surface area contributed by atoms with Crippen molar-refractivity contribution in [1.82, 2.24) is 24.1 Å². The Kier molecular flexibility index (Phi) is 14.8. The van der Waals surface area contributed by atoms with Gasteiger partial charge in [-0.15, -0.1) is 0 Å². The largest absolute Gasteiger partial charge is 0.313 e. The zero-order chi connectivity index (χ0) is 64.9. The average Bonchev–Trinajstić information content (AvgIpc) is 1.68. The third-order valence-electron chi connectivity index (χ3n) is 19.8. The van der Waals surface area contributed by atoms with E-state index in [1.54, 1.807) is 0 Å². The lowest BCUT2D eigenvalue weighted by Crippen LogP contribution is -2.04. The Bertz CT molecular complexity index is 5790. The van der Waals surface area contributed by atoms with E-state index in [1.807, 2.05) is 0 Å². The van der Waals surface area contributed by atoms with E-state index in [2.05, 4.69) is 361 Å². The summed E-state index contributed by atoms with van der Waals surface area (Å²) in [6.07, 6.45) is 14.6. The van der Waals surface area contributed by atoms with Gasteiger partial charge in [-0.1, -0.05) is 285 Å². The van der Waals surface area contributed by atoms with Crippen molar-refractivity contribution in [1.29, 1.82) is 0 Å². The van der Waals surface area contributed by atoms with Gasteiger partial charge in [0.1, 0.15) is 0 Å². The molecule has 16 aromatic rings. The lowest BCUT2D eigenvalue weighted by molar-refractivity contribution is 0.850. The van der Waals surface area contributed by atoms with E-state index in [1.165, 1.54) is 83.2 Å². The predicted molar refractivity (Wildman–Crippen MR) is 409 cm³/mol. The average molecular weight is 1250 g/mol. The SMILES string of the molecule is C1=Cc2c(n(-c3cccc(-c4cccc(-c5cccc(-c6nc(-c7ccc(-c8cccc(-c9cccc(-c%10cccc(-c%11ccccc%11)c%10)c9)c8)cc7)nc(-c7ccc(-c8cccc(C9C=C(n%10c%11ccccc%11c%11ccccc%11%10)C=CC9)c8)cc7)n6)c5)c4)c3)c3ccccc23)CC1. The highest BCUT2D eigenvalue weighted by Crippen LogP contribution is 2.41. The maximum atomic E-state index is 5.33. The van der Waals surface area contributed by atoms with Crippen molar-refractivity contribution in [2.24, 2.45) is 0 Å². The van der Waals surface area contributed by atoms with E-state index >= 15 is 0 Å². The van der Waals surface area contributed by atoms with Gasteiger partial charge in [0, 0.05) is 61.4 Å². The Morgan fingerprint density at radius 3 is 1.18 bits per heavy atom. The van der Waals surface area contributed by atoms with Crippen LogP contribution >= 0.6 is 0 Å². The summed E-state index contributed by atoms with van der Waals surface area (Å²) in [4.78, 5) is 16.0. The first-order valence-corrected chi connectivity index (χ1v) is 34.0. The monoisotopic (exact) mass is 1250 g/mol. The van der Waals surface area contributed by atoms with Gasteiger partial charge in [-0.25, -0.2) is 15.0 Å².